The van der Waals surface area contributed by atoms with E-state index in [0.717, 1.165) is 32.1 Å². The summed E-state index contributed by atoms with van der Waals surface area (Å²) < 4.78 is 5.34. The van der Waals surface area contributed by atoms with Crippen molar-refractivity contribution in [2.45, 2.75) is 164 Å². The molecular formula is C48H94O22. The molecule has 0 aliphatic heterocycles. The van der Waals surface area contributed by atoms with Crippen LogP contribution < -0.4 is 0 Å². The molecular weight excluding hydrogens is 929 g/mol. The van der Waals surface area contributed by atoms with Crippen molar-refractivity contribution in [3.8, 4) is 0 Å². The van der Waals surface area contributed by atoms with Crippen molar-refractivity contribution in [3.63, 3.8) is 0 Å². The highest BCUT2D eigenvalue weighted by Gasteiger charge is 2.47. The second kappa shape index (κ2) is 40.8. The Morgan fingerprint density at radius 2 is 0.657 bits per heavy atom. The van der Waals surface area contributed by atoms with Crippen LogP contribution >= 0.6 is 0 Å². The van der Waals surface area contributed by atoms with Gasteiger partial charge in [0.05, 0.1) is 127 Å². The van der Waals surface area contributed by atoms with Gasteiger partial charge in [0, 0.05) is 0 Å². The van der Waals surface area contributed by atoms with Gasteiger partial charge in [-0.05, 0) is 106 Å². The molecule has 0 fully saturated rings. The van der Waals surface area contributed by atoms with Crippen LogP contribution in [0.5, 0.6) is 0 Å². The molecule has 22 heteroatoms. The molecule has 0 heterocycles. The standard InChI is InChI=1S/C48H94O22/c49-19-32(59)8-6-4-2-1-3-5-7-30(11-33(60)20-50)9-10-31(12-34(61)21-51)42(13-35(62)22-52)43(14-36(63)23-53)44(15-37(64)24-54)45(16-38(65)25-55)46(17-39(66)26-56)47(18-40(67)27-57)48(69)70-29-41(68)28-58/h9-10,30-47,49-68H,1-8,11-29H2. The lowest BCUT2D eigenvalue weighted by Gasteiger charge is -2.47. The largest absolute Gasteiger partial charge is 0.463 e. The quantitative estimate of drug-likeness (QED) is 0.0156. The van der Waals surface area contributed by atoms with Gasteiger partial charge in [-0.3, -0.25) is 4.79 Å². The number of esters is 1. The number of rotatable bonds is 46. The van der Waals surface area contributed by atoms with Gasteiger partial charge in [0.25, 0.3) is 0 Å². The highest BCUT2D eigenvalue weighted by atomic mass is 16.5. The molecule has 0 aliphatic rings. The second-order valence-electron chi connectivity index (χ2n) is 19.3. The summed E-state index contributed by atoms with van der Waals surface area (Å²) in [7, 11) is 0. The molecule has 0 rings (SSSR count). The molecule has 0 saturated carbocycles. The van der Waals surface area contributed by atoms with Crippen LogP contribution in [0, 0.1) is 47.3 Å². The molecule has 70 heavy (non-hydrogen) atoms. The maximum atomic E-state index is 14.1. The number of hydrogen-bond donors (Lipinski definition) is 20. The predicted octanol–water partition coefficient (Wildman–Crippen LogP) is -4.21. The zero-order chi connectivity index (χ0) is 53.2. The van der Waals surface area contributed by atoms with E-state index in [4.69, 9.17) is 9.84 Å². The number of aliphatic hydroxyl groups is 20. The molecule has 0 saturated heterocycles. The Morgan fingerprint density at radius 1 is 0.329 bits per heavy atom. The van der Waals surface area contributed by atoms with E-state index in [1.165, 1.54) is 0 Å². The Hall–Kier alpha value is -1.59. The van der Waals surface area contributed by atoms with Gasteiger partial charge in [-0.15, -0.1) is 0 Å². The normalized spacial score (nSPS) is 20.2. The third kappa shape index (κ3) is 28.8. The van der Waals surface area contributed by atoms with Crippen molar-refractivity contribution >= 4 is 5.97 Å². The molecule has 0 radical (unpaired) electrons. The third-order valence-electron chi connectivity index (χ3n) is 13.5. The lowest BCUT2D eigenvalue weighted by atomic mass is 9.59. The first-order chi connectivity index (χ1) is 33.3. The van der Waals surface area contributed by atoms with Crippen molar-refractivity contribution in [2.24, 2.45) is 47.3 Å². The Bertz CT molecular complexity index is 1270. The van der Waals surface area contributed by atoms with Crippen LogP contribution in [0.3, 0.4) is 0 Å². The van der Waals surface area contributed by atoms with Crippen molar-refractivity contribution < 1.29 is 112 Å². The van der Waals surface area contributed by atoms with Gasteiger partial charge in [0.1, 0.15) is 12.7 Å². The van der Waals surface area contributed by atoms with Crippen LogP contribution in [0.1, 0.15) is 103 Å². The van der Waals surface area contributed by atoms with E-state index in [9.17, 15) is 102 Å². The fourth-order valence-electron chi connectivity index (χ4n) is 9.79. The van der Waals surface area contributed by atoms with Crippen LogP contribution in [0.15, 0.2) is 12.2 Å². The van der Waals surface area contributed by atoms with Crippen LogP contribution in [0.2, 0.25) is 0 Å². The number of aliphatic hydroxyl groups excluding tert-OH is 20. The summed E-state index contributed by atoms with van der Waals surface area (Å²) in [5.41, 5.74) is 0. The minimum Gasteiger partial charge on any atom is -0.463 e. The lowest BCUT2D eigenvalue weighted by molar-refractivity contribution is -0.159. The predicted molar refractivity (Wildman–Crippen MR) is 253 cm³/mol. The van der Waals surface area contributed by atoms with E-state index in [-0.39, 0.29) is 25.9 Å². The van der Waals surface area contributed by atoms with Gasteiger partial charge in [-0.25, -0.2) is 0 Å². The first-order valence-corrected chi connectivity index (χ1v) is 25.1. The average molecular weight is 1020 g/mol. The lowest BCUT2D eigenvalue weighted by Crippen LogP contribution is -2.47. The molecule has 20 N–H and O–H groups in total. The monoisotopic (exact) mass is 1020 g/mol. The van der Waals surface area contributed by atoms with Crippen LogP contribution in [0.25, 0.3) is 0 Å². The van der Waals surface area contributed by atoms with E-state index < -0.39 is 213 Å². The summed E-state index contributed by atoms with van der Waals surface area (Å²) in [6.45, 7) is -8.42. The molecule has 0 spiro atoms. The molecule has 0 aromatic heterocycles. The van der Waals surface area contributed by atoms with Gasteiger partial charge in [0.2, 0.25) is 0 Å². The Kier molecular flexibility index (Phi) is 39.8. The van der Waals surface area contributed by atoms with Crippen LogP contribution in [-0.2, 0) is 9.53 Å². The summed E-state index contributed by atoms with van der Waals surface area (Å²) in [4.78, 5) is 14.1. The summed E-state index contributed by atoms with van der Waals surface area (Å²) >= 11 is 0. The van der Waals surface area contributed by atoms with Crippen molar-refractivity contribution in [1.82, 2.24) is 0 Å². The Balaban J connectivity index is 8.21. The SMILES string of the molecule is O=C(OCC(O)CO)C(CC(O)CO)C(CC(O)CO)C(CC(O)CO)C(CC(O)CO)C(CC(O)CO)C(CC(O)CO)C(C=CC(CCCCCCCCC(O)CO)CC(O)CO)CC(O)CO. The number of unbranched alkanes of at least 4 members (excludes halogenated alkanes) is 5. The van der Waals surface area contributed by atoms with Crippen LogP contribution in [-0.4, -0.2) is 242 Å². The minimum atomic E-state index is -1.64. The third-order valence-corrected chi connectivity index (χ3v) is 13.5. The highest BCUT2D eigenvalue weighted by Crippen LogP contribution is 2.48. The zero-order valence-electron chi connectivity index (χ0n) is 40.9. The molecule has 18 atom stereocenters. The maximum Gasteiger partial charge on any atom is 0.309 e. The summed E-state index contributed by atoms with van der Waals surface area (Å²) in [6.07, 6.45) is -8.32. The fourth-order valence-corrected chi connectivity index (χ4v) is 9.79. The van der Waals surface area contributed by atoms with Gasteiger partial charge < -0.3 is 107 Å². The molecule has 18 unspecified atom stereocenters. The average Bonchev–Trinajstić information content (AvgIpc) is 3.36. The Labute approximate surface area is 412 Å². The number of ether oxygens (including phenoxy) is 1. The summed E-state index contributed by atoms with van der Waals surface area (Å²) in [6, 6.07) is 0. The number of carbonyl (C=O) groups excluding carboxylic acids is 1. The first-order valence-electron chi connectivity index (χ1n) is 25.1. The molecule has 0 bridgehead atoms. The number of allylic oxidation sites excluding steroid dienone is 2. The van der Waals surface area contributed by atoms with Crippen molar-refractivity contribution in [1.29, 1.82) is 0 Å². The second-order valence-corrected chi connectivity index (χ2v) is 19.3. The topological polar surface area (TPSA) is 431 Å². The first kappa shape index (κ1) is 68.4. The van der Waals surface area contributed by atoms with Gasteiger partial charge in [-0.2, -0.15) is 0 Å². The fraction of sp³-hybridized carbons (Fsp3) is 0.938. The molecule has 418 valence electrons. The van der Waals surface area contributed by atoms with Gasteiger partial charge >= 0.3 is 5.97 Å². The van der Waals surface area contributed by atoms with Gasteiger partial charge in [-0.1, -0.05) is 50.7 Å². The van der Waals surface area contributed by atoms with Crippen molar-refractivity contribution in [3.05, 3.63) is 12.2 Å². The Morgan fingerprint density at radius 3 is 1.10 bits per heavy atom. The minimum absolute atomic E-state index is 0.0890. The molecule has 0 amide bonds. The zero-order valence-corrected chi connectivity index (χ0v) is 40.9. The molecule has 22 nitrogen and oxygen atoms in total. The van der Waals surface area contributed by atoms with E-state index >= 15 is 0 Å². The highest BCUT2D eigenvalue weighted by molar-refractivity contribution is 5.73. The molecule has 0 aromatic rings. The summed E-state index contributed by atoms with van der Waals surface area (Å²) in [5.74, 6) is -10.2. The van der Waals surface area contributed by atoms with E-state index in [1.807, 2.05) is 0 Å². The van der Waals surface area contributed by atoms with Crippen molar-refractivity contribution in [2.75, 3.05) is 72.7 Å². The van der Waals surface area contributed by atoms with Crippen LogP contribution in [0.4, 0.5) is 0 Å². The molecule has 0 aromatic carbocycles. The van der Waals surface area contributed by atoms with E-state index in [1.54, 1.807) is 12.2 Å². The number of carbonyl (C=O) groups is 1. The smallest absolute Gasteiger partial charge is 0.309 e. The summed E-state index contributed by atoms with van der Waals surface area (Å²) in [5, 5.41) is 208. The number of hydrogen-bond acceptors (Lipinski definition) is 22. The van der Waals surface area contributed by atoms with Gasteiger partial charge in [0.15, 0.2) is 0 Å². The van der Waals surface area contributed by atoms with E-state index in [0.29, 0.717) is 19.3 Å². The maximum absolute atomic E-state index is 14.1. The van der Waals surface area contributed by atoms with E-state index in [2.05, 4.69) is 0 Å². The molecule has 0 aliphatic carbocycles.